The minimum absolute atomic E-state index is 0.0586. The SMILES string of the molecule is Cc1cc(F)c(Br)cc1NCC(=O)NC1CCOCC1. The van der Waals surface area contributed by atoms with E-state index in [9.17, 15) is 9.18 Å². The van der Waals surface area contributed by atoms with E-state index in [2.05, 4.69) is 26.6 Å². The Morgan fingerprint density at radius 3 is 2.85 bits per heavy atom. The molecule has 1 amide bonds. The first kappa shape index (κ1) is 15.3. The average molecular weight is 345 g/mol. The number of carbonyl (C=O) groups is 1. The molecule has 110 valence electrons. The van der Waals surface area contributed by atoms with E-state index in [4.69, 9.17) is 4.74 Å². The van der Waals surface area contributed by atoms with E-state index in [0.29, 0.717) is 17.7 Å². The molecule has 1 aromatic rings. The maximum Gasteiger partial charge on any atom is 0.239 e. The van der Waals surface area contributed by atoms with Crippen LogP contribution in [0.4, 0.5) is 10.1 Å². The molecule has 1 fully saturated rings. The molecule has 1 aliphatic rings. The van der Waals surface area contributed by atoms with Crippen molar-refractivity contribution in [1.82, 2.24) is 5.32 Å². The fraction of sp³-hybridized carbons (Fsp3) is 0.500. The van der Waals surface area contributed by atoms with Crippen LogP contribution < -0.4 is 10.6 Å². The molecule has 0 atom stereocenters. The van der Waals surface area contributed by atoms with E-state index in [1.165, 1.54) is 6.07 Å². The number of amides is 1. The van der Waals surface area contributed by atoms with Gasteiger partial charge in [-0.2, -0.15) is 0 Å². The van der Waals surface area contributed by atoms with Gasteiger partial charge >= 0.3 is 0 Å². The Kier molecular flexibility index (Phi) is 5.37. The summed E-state index contributed by atoms with van der Waals surface area (Å²) in [4.78, 5) is 11.8. The van der Waals surface area contributed by atoms with Crippen LogP contribution in [0, 0.1) is 12.7 Å². The Morgan fingerprint density at radius 2 is 2.15 bits per heavy atom. The van der Waals surface area contributed by atoms with Gasteiger partial charge in [-0.05, 0) is 53.4 Å². The van der Waals surface area contributed by atoms with Crippen LogP contribution in [0.15, 0.2) is 16.6 Å². The largest absolute Gasteiger partial charge is 0.381 e. The highest BCUT2D eigenvalue weighted by atomic mass is 79.9. The second-order valence-corrected chi connectivity index (χ2v) is 5.74. The minimum Gasteiger partial charge on any atom is -0.381 e. The highest BCUT2D eigenvalue weighted by Gasteiger charge is 2.16. The van der Waals surface area contributed by atoms with Crippen LogP contribution in [-0.2, 0) is 9.53 Å². The van der Waals surface area contributed by atoms with E-state index in [1.807, 2.05) is 0 Å². The van der Waals surface area contributed by atoms with Gasteiger partial charge < -0.3 is 15.4 Å². The molecule has 0 saturated carbocycles. The smallest absolute Gasteiger partial charge is 0.239 e. The van der Waals surface area contributed by atoms with Gasteiger partial charge in [0, 0.05) is 24.9 Å². The molecule has 0 bridgehead atoms. The Labute approximate surface area is 126 Å². The standard InChI is InChI=1S/C14H18BrFN2O2/c1-9-6-12(16)11(15)7-13(9)17-8-14(19)18-10-2-4-20-5-3-10/h6-7,10,17H,2-5,8H2,1H3,(H,18,19). The van der Waals surface area contributed by atoms with Crippen molar-refractivity contribution in [2.24, 2.45) is 0 Å². The first-order valence-electron chi connectivity index (χ1n) is 6.63. The van der Waals surface area contributed by atoms with Gasteiger partial charge in [-0.1, -0.05) is 0 Å². The number of carbonyl (C=O) groups excluding carboxylic acids is 1. The molecular weight excluding hydrogens is 327 g/mol. The number of hydrogen-bond donors (Lipinski definition) is 2. The van der Waals surface area contributed by atoms with Crippen molar-refractivity contribution in [3.8, 4) is 0 Å². The Bertz CT molecular complexity index is 490. The predicted molar refractivity (Wildman–Crippen MR) is 79.3 cm³/mol. The van der Waals surface area contributed by atoms with Crippen molar-refractivity contribution in [3.63, 3.8) is 0 Å². The number of aryl methyl sites for hydroxylation is 1. The van der Waals surface area contributed by atoms with E-state index in [0.717, 1.165) is 24.1 Å². The quantitative estimate of drug-likeness (QED) is 0.882. The van der Waals surface area contributed by atoms with Gasteiger partial charge in [-0.15, -0.1) is 0 Å². The molecule has 2 N–H and O–H groups in total. The van der Waals surface area contributed by atoms with Gasteiger partial charge in [0.15, 0.2) is 0 Å². The Balaban J connectivity index is 1.85. The van der Waals surface area contributed by atoms with Crippen molar-refractivity contribution in [2.45, 2.75) is 25.8 Å². The zero-order chi connectivity index (χ0) is 14.5. The number of anilines is 1. The molecule has 0 aliphatic carbocycles. The third kappa shape index (κ3) is 4.18. The molecular formula is C14H18BrFN2O2. The molecule has 0 spiro atoms. The van der Waals surface area contributed by atoms with Crippen molar-refractivity contribution in [1.29, 1.82) is 0 Å². The van der Waals surface area contributed by atoms with E-state index in [-0.39, 0.29) is 24.3 Å². The van der Waals surface area contributed by atoms with Crippen LogP contribution in [0.1, 0.15) is 18.4 Å². The van der Waals surface area contributed by atoms with Crippen molar-refractivity contribution >= 4 is 27.5 Å². The lowest BCUT2D eigenvalue weighted by atomic mass is 10.1. The van der Waals surface area contributed by atoms with Crippen LogP contribution >= 0.6 is 15.9 Å². The van der Waals surface area contributed by atoms with E-state index in [1.54, 1.807) is 13.0 Å². The summed E-state index contributed by atoms with van der Waals surface area (Å²) in [5, 5.41) is 6.00. The second kappa shape index (κ2) is 7.04. The first-order valence-corrected chi connectivity index (χ1v) is 7.42. The summed E-state index contributed by atoms with van der Waals surface area (Å²) in [6.45, 7) is 3.37. The van der Waals surface area contributed by atoms with Gasteiger partial charge in [0.1, 0.15) is 5.82 Å². The number of ether oxygens (including phenoxy) is 1. The number of benzene rings is 1. The molecule has 0 unspecified atom stereocenters. The average Bonchev–Trinajstić information content (AvgIpc) is 2.42. The summed E-state index contributed by atoms with van der Waals surface area (Å²) in [5.41, 5.74) is 1.52. The number of hydrogen-bond acceptors (Lipinski definition) is 3. The second-order valence-electron chi connectivity index (χ2n) is 4.89. The monoisotopic (exact) mass is 344 g/mol. The van der Waals surface area contributed by atoms with Gasteiger partial charge in [-0.25, -0.2) is 4.39 Å². The van der Waals surface area contributed by atoms with Crippen LogP contribution in [0.25, 0.3) is 0 Å². The van der Waals surface area contributed by atoms with Crippen molar-refractivity contribution in [3.05, 3.63) is 28.0 Å². The third-order valence-corrected chi connectivity index (χ3v) is 3.90. The molecule has 0 radical (unpaired) electrons. The number of nitrogens with one attached hydrogen (secondary N) is 2. The lowest BCUT2D eigenvalue weighted by molar-refractivity contribution is -0.120. The Morgan fingerprint density at radius 1 is 1.45 bits per heavy atom. The molecule has 1 saturated heterocycles. The third-order valence-electron chi connectivity index (χ3n) is 3.29. The lowest BCUT2D eigenvalue weighted by Crippen LogP contribution is -2.41. The van der Waals surface area contributed by atoms with Gasteiger partial charge in [-0.3, -0.25) is 4.79 Å². The fourth-order valence-corrected chi connectivity index (χ4v) is 2.48. The summed E-state index contributed by atoms with van der Waals surface area (Å²) in [7, 11) is 0. The van der Waals surface area contributed by atoms with Crippen LogP contribution in [0.5, 0.6) is 0 Å². The molecule has 2 rings (SSSR count). The zero-order valence-corrected chi connectivity index (χ0v) is 12.9. The van der Waals surface area contributed by atoms with Crippen molar-refractivity contribution in [2.75, 3.05) is 25.1 Å². The van der Waals surface area contributed by atoms with Gasteiger partial charge in [0.05, 0.1) is 11.0 Å². The zero-order valence-electron chi connectivity index (χ0n) is 11.3. The van der Waals surface area contributed by atoms with Crippen molar-refractivity contribution < 1.29 is 13.9 Å². The van der Waals surface area contributed by atoms with Gasteiger partial charge in [0.25, 0.3) is 0 Å². The molecule has 0 aromatic heterocycles. The van der Waals surface area contributed by atoms with E-state index >= 15 is 0 Å². The molecule has 6 heteroatoms. The minimum atomic E-state index is -0.306. The molecule has 1 aromatic carbocycles. The summed E-state index contributed by atoms with van der Waals surface area (Å²) in [6, 6.07) is 3.27. The maximum atomic E-state index is 13.3. The first-order chi connectivity index (χ1) is 9.56. The normalized spacial score (nSPS) is 15.9. The predicted octanol–water partition coefficient (Wildman–Crippen LogP) is 2.60. The van der Waals surface area contributed by atoms with Crippen LogP contribution in [0.2, 0.25) is 0 Å². The molecule has 20 heavy (non-hydrogen) atoms. The van der Waals surface area contributed by atoms with Crippen LogP contribution in [0.3, 0.4) is 0 Å². The highest BCUT2D eigenvalue weighted by molar-refractivity contribution is 9.10. The summed E-state index contributed by atoms with van der Waals surface area (Å²) in [5.74, 6) is -0.364. The number of halogens is 2. The molecule has 1 heterocycles. The summed E-state index contributed by atoms with van der Waals surface area (Å²) in [6.07, 6.45) is 1.71. The van der Waals surface area contributed by atoms with Gasteiger partial charge in [0.2, 0.25) is 5.91 Å². The highest BCUT2D eigenvalue weighted by Crippen LogP contribution is 2.23. The maximum absolute atomic E-state index is 13.3. The lowest BCUT2D eigenvalue weighted by Gasteiger charge is -2.23. The number of rotatable bonds is 4. The topological polar surface area (TPSA) is 50.4 Å². The molecule has 4 nitrogen and oxygen atoms in total. The molecule has 1 aliphatic heterocycles. The Hall–Kier alpha value is -1.14. The summed E-state index contributed by atoms with van der Waals surface area (Å²) >= 11 is 3.14. The van der Waals surface area contributed by atoms with Crippen LogP contribution in [-0.4, -0.2) is 31.7 Å². The fourth-order valence-electron chi connectivity index (χ4n) is 2.13. The summed E-state index contributed by atoms with van der Waals surface area (Å²) < 4.78 is 18.9. The van der Waals surface area contributed by atoms with E-state index < -0.39 is 0 Å².